The number of benzene rings is 1. The van der Waals surface area contributed by atoms with E-state index in [4.69, 9.17) is 9.47 Å². The lowest BCUT2D eigenvalue weighted by atomic mass is 10.2. The van der Waals surface area contributed by atoms with Crippen LogP contribution in [0, 0.1) is 6.92 Å². The van der Waals surface area contributed by atoms with Gasteiger partial charge in [0.1, 0.15) is 29.1 Å². The first-order valence-electron chi connectivity index (χ1n) is 13.6. The van der Waals surface area contributed by atoms with Crippen LogP contribution in [-0.2, 0) is 4.74 Å². The van der Waals surface area contributed by atoms with Gasteiger partial charge in [0.25, 0.3) is 5.91 Å². The number of likely N-dealkylation sites (N-methyl/N-ethyl adjacent to an activating group) is 1. The van der Waals surface area contributed by atoms with Crippen molar-refractivity contribution in [2.24, 2.45) is 0 Å². The summed E-state index contributed by atoms with van der Waals surface area (Å²) >= 11 is 1.62. The van der Waals surface area contributed by atoms with E-state index in [1.807, 2.05) is 60.6 Å². The number of carbonyl (C=O) groups excluding carboxylic acids is 2. The van der Waals surface area contributed by atoms with Crippen molar-refractivity contribution in [2.45, 2.75) is 45.1 Å². The fourth-order valence-electron chi connectivity index (χ4n) is 4.33. The Hall–Kier alpha value is -3.44. The van der Waals surface area contributed by atoms with Crippen LogP contribution in [0.5, 0.6) is 5.75 Å². The van der Waals surface area contributed by atoms with Gasteiger partial charge in [0.2, 0.25) is 0 Å². The van der Waals surface area contributed by atoms with Gasteiger partial charge in [-0.1, -0.05) is 31.8 Å². The van der Waals surface area contributed by atoms with Crippen molar-refractivity contribution in [3.8, 4) is 5.75 Å². The highest BCUT2D eigenvalue weighted by Crippen LogP contribution is 2.32. The SMILES string of the molecule is Cc1ncc2c(n1)N(C)CCN(c1cccc(OC(CCN(C)C(=O)OCC[Si](C)(C)C)c3cccs3)c1)C2=O. The average molecular weight is 582 g/mol. The minimum atomic E-state index is -1.27. The molecule has 0 bridgehead atoms. The van der Waals surface area contributed by atoms with Gasteiger partial charge in [0.05, 0.1) is 6.61 Å². The van der Waals surface area contributed by atoms with Gasteiger partial charge in [-0.3, -0.25) is 4.79 Å². The van der Waals surface area contributed by atoms with Crippen molar-refractivity contribution in [1.82, 2.24) is 14.9 Å². The normalized spacial score (nSPS) is 14.4. The van der Waals surface area contributed by atoms with Crippen LogP contribution in [0.3, 0.4) is 0 Å². The summed E-state index contributed by atoms with van der Waals surface area (Å²) < 4.78 is 12.0. The Balaban J connectivity index is 1.46. The number of hydrogen-bond acceptors (Lipinski definition) is 8. The van der Waals surface area contributed by atoms with Crippen LogP contribution in [0.1, 0.15) is 33.6 Å². The second-order valence-corrected chi connectivity index (χ2v) is 17.9. The maximum absolute atomic E-state index is 13.5. The molecule has 1 aliphatic heterocycles. The molecule has 0 N–H and O–H groups in total. The molecule has 11 heteroatoms. The molecule has 3 aromatic rings. The Morgan fingerprint density at radius 1 is 1.20 bits per heavy atom. The van der Waals surface area contributed by atoms with Crippen molar-refractivity contribution in [3.05, 3.63) is 64.2 Å². The van der Waals surface area contributed by atoms with Crippen molar-refractivity contribution < 1.29 is 19.1 Å². The van der Waals surface area contributed by atoms with Gasteiger partial charge in [0, 0.05) is 71.1 Å². The molecule has 1 unspecified atom stereocenters. The van der Waals surface area contributed by atoms with Gasteiger partial charge >= 0.3 is 6.09 Å². The largest absolute Gasteiger partial charge is 0.485 e. The second-order valence-electron chi connectivity index (χ2n) is 11.3. The first-order valence-corrected chi connectivity index (χ1v) is 18.1. The molecule has 1 aromatic carbocycles. The minimum Gasteiger partial charge on any atom is -0.485 e. The van der Waals surface area contributed by atoms with Crippen LogP contribution in [-0.4, -0.2) is 75.3 Å². The van der Waals surface area contributed by atoms with Gasteiger partial charge in [-0.05, 0) is 36.5 Å². The first-order chi connectivity index (χ1) is 19.0. The van der Waals surface area contributed by atoms with Crippen LogP contribution in [0.2, 0.25) is 25.7 Å². The zero-order valence-electron chi connectivity index (χ0n) is 24.2. The number of anilines is 2. The molecule has 1 atom stereocenters. The second kappa shape index (κ2) is 12.8. The molecule has 1 aliphatic rings. The summed E-state index contributed by atoms with van der Waals surface area (Å²) in [5.41, 5.74) is 1.23. The standard InChI is InChI=1S/C29H39N5O4SSi/c1-21-30-20-24-27(31-21)32(2)14-15-34(28(24)35)22-9-7-10-23(19-22)38-25(26-11-8-17-39-26)12-13-33(3)29(36)37-16-18-40(4,5)6/h7-11,17,19-20,25H,12-16,18H2,1-6H3. The molecule has 40 heavy (non-hydrogen) atoms. The number of fused-ring (bicyclic) bond motifs is 1. The molecule has 214 valence electrons. The van der Waals surface area contributed by atoms with Crippen LogP contribution in [0.4, 0.5) is 16.3 Å². The summed E-state index contributed by atoms with van der Waals surface area (Å²) in [5.74, 6) is 1.79. The molecule has 4 rings (SSSR count). The lowest BCUT2D eigenvalue weighted by molar-refractivity contribution is 0.0989. The van der Waals surface area contributed by atoms with E-state index < -0.39 is 8.07 Å². The molecule has 0 saturated carbocycles. The van der Waals surface area contributed by atoms with Crippen LogP contribution in [0.15, 0.2) is 48.0 Å². The van der Waals surface area contributed by atoms with Crippen molar-refractivity contribution >= 4 is 42.9 Å². The van der Waals surface area contributed by atoms with Gasteiger partial charge in [-0.15, -0.1) is 11.3 Å². The van der Waals surface area contributed by atoms with Crippen molar-refractivity contribution in [3.63, 3.8) is 0 Å². The topological polar surface area (TPSA) is 88.1 Å². The number of hydrogen-bond donors (Lipinski definition) is 0. The fraction of sp³-hybridized carbons (Fsp3) is 0.448. The maximum atomic E-state index is 13.5. The molecule has 0 saturated heterocycles. The number of aryl methyl sites for hydroxylation is 1. The highest BCUT2D eigenvalue weighted by molar-refractivity contribution is 7.10. The molecular formula is C29H39N5O4SSi. The molecule has 3 heterocycles. The van der Waals surface area contributed by atoms with E-state index in [0.29, 0.717) is 55.6 Å². The summed E-state index contributed by atoms with van der Waals surface area (Å²) in [7, 11) is 2.42. The van der Waals surface area contributed by atoms with E-state index in [1.54, 1.807) is 34.4 Å². The Labute approximate surface area is 241 Å². The van der Waals surface area contributed by atoms with E-state index in [2.05, 4.69) is 29.6 Å². The predicted molar refractivity (Wildman–Crippen MR) is 163 cm³/mol. The number of rotatable bonds is 10. The van der Waals surface area contributed by atoms with Crippen LogP contribution >= 0.6 is 11.3 Å². The first kappa shape index (κ1) is 29.5. The Kier molecular flexibility index (Phi) is 9.46. The van der Waals surface area contributed by atoms with E-state index in [-0.39, 0.29) is 18.1 Å². The molecule has 0 radical (unpaired) electrons. The highest BCUT2D eigenvalue weighted by atomic mass is 32.1. The van der Waals surface area contributed by atoms with Crippen LogP contribution in [0.25, 0.3) is 0 Å². The molecule has 2 amide bonds. The van der Waals surface area contributed by atoms with Crippen molar-refractivity contribution in [2.75, 3.05) is 50.1 Å². The minimum absolute atomic E-state index is 0.138. The smallest absolute Gasteiger partial charge is 0.409 e. The summed E-state index contributed by atoms with van der Waals surface area (Å²) in [6, 6.07) is 12.6. The van der Waals surface area contributed by atoms with Gasteiger partial charge in [-0.2, -0.15) is 0 Å². The summed E-state index contributed by atoms with van der Waals surface area (Å²) in [6.45, 7) is 10.7. The molecular weight excluding hydrogens is 543 g/mol. The third-order valence-corrected chi connectivity index (χ3v) is 9.44. The van der Waals surface area contributed by atoms with E-state index >= 15 is 0 Å². The zero-order valence-corrected chi connectivity index (χ0v) is 26.0. The van der Waals surface area contributed by atoms with Gasteiger partial charge < -0.3 is 24.2 Å². The Morgan fingerprint density at radius 2 is 2.00 bits per heavy atom. The molecule has 2 aromatic heterocycles. The third-order valence-electron chi connectivity index (χ3n) is 6.77. The quantitative estimate of drug-likeness (QED) is 0.277. The summed E-state index contributed by atoms with van der Waals surface area (Å²) in [4.78, 5) is 41.2. The lowest BCUT2D eigenvalue weighted by Crippen LogP contribution is -2.33. The number of ether oxygens (including phenoxy) is 2. The maximum Gasteiger partial charge on any atom is 0.409 e. The molecule has 0 fully saturated rings. The van der Waals surface area contributed by atoms with Gasteiger partial charge in [-0.25, -0.2) is 14.8 Å². The van der Waals surface area contributed by atoms with Crippen LogP contribution < -0.4 is 14.5 Å². The van der Waals surface area contributed by atoms with E-state index in [0.717, 1.165) is 16.6 Å². The Bertz CT molecular complexity index is 1310. The van der Waals surface area contributed by atoms with Crippen molar-refractivity contribution in [1.29, 1.82) is 0 Å². The number of aromatic nitrogens is 2. The molecule has 0 aliphatic carbocycles. The molecule has 9 nitrogen and oxygen atoms in total. The monoisotopic (exact) mass is 581 g/mol. The Morgan fingerprint density at radius 3 is 2.73 bits per heavy atom. The number of thiophene rings is 1. The van der Waals surface area contributed by atoms with E-state index in [9.17, 15) is 9.59 Å². The van der Waals surface area contributed by atoms with Gasteiger partial charge in [0.15, 0.2) is 0 Å². The summed E-state index contributed by atoms with van der Waals surface area (Å²) in [6.07, 6.45) is 1.64. The number of carbonyl (C=O) groups is 2. The fourth-order valence-corrected chi connectivity index (χ4v) is 5.83. The number of amides is 2. The average Bonchev–Trinajstić information content (AvgIpc) is 3.41. The lowest BCUT2D eigenvalue weighted by Gasteiger charge is -2.24. The molecule has 0 spiro atoms. The third kappa shape index (κ3) is 7.60. The summed E-state index contributed by atoms with van der Waals surface area (Å²) in [5, 5.41) is 2.02. The van der Waals surface area contributed by atoms with E-state index in [1.165, 1.54) is 0 Å². The zero-order chi connectivity index (χ0) is 28.9. The number of nitrogens with zero attached hydrogens (tertiary/aromatic N) is 5. The predicted octanol–water partition coefficient (Wildman–Crippen LogP) is 5.86. The highest BCUT2D eigenvalue weighted by Gasteiger charge is 2.28.